The lowest BCUT2D eigenvalue weighted by atomic mass is 9.96. The Labute approximate surface area is 187 Å². The molecule has 2 aromatic rings. The molecule has 2 heterocycles. The predicted molar refractivity (Wildman–Crippen MR) is 123 cm³/mol. The fourth-order valence-electron chi connectivity index (χ4n) is 4.67. The highest BCUT2D eigenvalue weighted by molar-refractivity contribution is 6.16. The molecule has 0 aromatic heterocycles. The van der Waals surface area contributed by atoms with Gasteiger partial charge in [0.25, 0.3) is 0 Å². The molecule has 1 aliphatic carbocycles. The molecule has 2 fully saturated rings. The first-order chi connectivity index (χ1) is 15.7. The van der Waals surface area contributed by atoms with E-state index in [1.807, 2.05) is 52.3 Å². The van der Waals surface area contributed by atoms with Crippen molar-refractivity contribution in [2.75, 3.05) is 26.2 Å². The summed E-state index contributed by atoms with van der Waals surface area (Å²) in [5, 5.41) is 5.25. The van der Waals surface area contributed by atoms with Gasteiger partial charge in [0.05, 0.1) is 0 Å². The van der Waals surface area contributed by atoms with Crippen LogP contribution in [-0.2, 0) is 9.53 Å². The number of urea groups is 1. The fourth-order valence-corrected chi connectivity index (χ4v) is 4.67. The number of nitrogens with one attached hydrogen (secondary N) is 1. The number of carbonyl (C=O) groups excluding carboxylic acids is 2. The van der Waals surface area contributed by atoms with E-state index < -0.39 is 5.97 Å². The SMILES string of the molecule is O=C1OC(c2cccc3ccccc23)=NC1=CN1CCN(C(=O)NC2CCCCC2)CC1. The van der Waals surface area contributed by atoms with Gasteiger partial charge < -0.3 is 19.9 Å². The molecule has 0 bridgehead atoms. The minimum absolute atomic E-state index is 0.0285. The van der Waals surface area contributed by atoms with Crippen molar-refractivity contribution in [3.8, 4) is 0 Å². The smallest absolute Gasteiger partial charge is 0.365 e. The number of nitrogens with zero attached hydrogens (tertiary/aromatic N) is 3. The summed E-state index contributed by atoms with van der Waals surface area (Å²) < 4.78 is 5.50. The minimum atomic E-state index is -0.439. The van der Waals surface area contributed by atoms with Gasteiger partial charge in [0.2, 0.25) is 5.90 Å². The highest BCUT2D eigenvalue weighted by Gasteiger charge is 2.28. The van der Waals surface area contributed by atoms with Gasteiger partial charge in [-0.15, -0.1) is 0 Å². The van der Waals surface area contributed by atoms with Crippen LogP contribution in [0.1, 0.15) is 37.7 Å². The van der Waals surface area contributed by atoms with Gasteiger partial charge in [-0.3, -0.25) is 0 Å². The van der Waals surface area contributed by atoms with Crippen molar-refractivity contribution >= 4 is 28.7 Å². The van der Waals surface area contributed by atoms with Crippen molar-refractivity contribution in [2.24, 2.45) is 4.99 Å². The summed E-state index contributed by atoms with van der Waals surface area (Å²) in [6.07, 6.45) is 7.59. The van der Waals surface area contributed by atoms with E-state index in [4.69, 9.17) is 4.74 Å². The van der Waals surface area contributed by atoms with E-state index in [9.17, 15) is 9.59 Å². The average Bonchev–Trinajstić information content (AvgIpc) is 3.19. The molecule has 2 aliphatic heterocycles. The third kappa shape index (κ3) is 4.33. The normalized spacial score (nSPS) is 21.1. The van der Waals surface area contributed by atoms with Gasteiger partial charge in [0.15, 0.2) is 5.70 Å². The van der Waals surface area contributed by atoms with E-state index in [-0.39, 0.29) is 6.03 Å². The first-order valence-electron chi connectivity index (χ1n) is 11.5. The summed E-state index contributed by atoms with van der Waals surface area (Å²) in [6.45, 7) is 2.57. The van der Waals surface area contributed by atoms with Gasteiger partial charge in [-0.25, -0.2) is 14.6 Å². The molecule has 2 aromatic carbocycles. The predicted octanol–water partition coefficient (Wildman–Crippen LogP) is 3.64. The van der Waals surface area contributed by atoms with Crippen LogP contribution in [0.15, 0.2) is 59.4 Å². The monoisotopic (exact) mass is 432 g/mol. The Balaban J connectivity index is 1.23. The van der Waals surface area contributed by atoms with Crippen LogP contribution in [0.25, 0.3) is 10.8 Å². The number of hydrogen-bond donors (Lipinski definition) is 1. The van der Waals surface area contributed by atoms with E-state index in [2.05, 4.69) is 10.3 Å². The number of rotatable bonds is 3. The van der Waals surface area contributed by atoms with Gasteiger partial charge in [-0.1, -0.05) is 55.7 Å². The van der Waals surface area contributed by atoms with Crippen LogP contribution >= 0.6 is 0 Å². The number of aliphatic imine (C=N–C) groups is 1. The number of carbonyl (C=O) groups is 2. The van der Waals surface area contributed by atoms with Crippen molar-refractivity contribution in [1.82, 2.24) is 15.1 Å². The molecule has 7 nitrogen and oxygen atoms in total. The van der Waals surface area contributed by atoms with Crippen LogP contribution in [0, 0.1) is 0 Å². The van der Waals surface area contributed by atoms with E-state index in [1.165, 1.54) is 19.3 Å². The van der Waals surface area contributed by atoms with Crippen LogP contribution in [0.5, 0.6) is 0 Å². The summed E-state index contributed by atoms with van der Waals surface area (Å²) in [5.74, 6) is -0.103. The van der Waals surface area contributed by atoms with Crippen molar-refractivity contribution in [1.29, 1.82) is 0 Å². The second-order valence-electron chi connectivity index (χ2n) is 8.65. The van der Waals surface area contributed by atoms with Gasteiger partial charge in [0.1, 0.15) is 0 Å². The zero-order valence-electron chi connectivity index (χ0n) is 18.1. The van der Waals surface area contributed by atoms with Gasteiger partial charge in [-0.2, -0.15) is 0 Å². The Kier molecular flexibility index (Phi) is 5.79. The molecule has 0 radical (unpaired) electrons. The highest BCUT2D eigenvalue weighted by Crippen LogP contribution is 2.24. The molecule has 5 rings (SSSR count). The number of ether oxygens (including phenoxy) is 1. The number of amides is 2. The van der Waals surface area contributed by atoms with Crippen molar-refractivity contribution in [3.05, 3.63) is 59.9 Å². The average molecular weight is 433 g/mol. The number of benzene rings is 2. The quantitative estimate of drug-likeness (QED) is 0.594. The lowest BCUT2D eigenvalue weighted by Crippen LogP contribution is -2.52. The van der Waals surface area contributed by atoms with E-state index in [0.29, 0.717) is 43.8 Å². The fraction of sp³-hybridized carbons (Fsp3) is 0.400. The molecule has 1 N–H and O–H groups in total. The van der Waals surface area contributed by atoms with Crippen LogP contribution in [0.2, 0.25) is 0 Å². The number of cyclic esters (lactones) is 1. The van der Waals surface area contributed by atoms with Crippen molar-refractivity contribution in [2.45, 2.75) is 38.1 Å². The largest absolute Gasteiger partial charge is 0.402 e. The zero-order chi connectivity index (χ0) is 21.9. The van der Waals surface area contributed by atoms with Crippen LogP contribution in [-0.4, -0.2) is 59.9 Å². The molecule has 3 aliphatic rings. The maximum atomic E-state index is 12.6. The number of piperazine rings is 1. The summed E-state index contributed by atoms with van der Waals surface area (Å²) in [4.78, 5) is 33.4. The molecule has 166 valence electrons. The Morgan fingerprint density at radius 1 is 1.00 bits per heavy atom. The second-order valence-corrected chi connectivity index (χ2v) is 8.65. The van der Waals surface area contributed by atoms with Crippen molar-refractivity contribution in [3.63, 3.8) is 0 Å². The first kappa shape index (κ1) is 20.5. The Morgan fingerprint density at radius 3 is 2.56 bits per heavy atom. The second kappa shape index (κ2) is 9.02. The Bertz CT molecular complexity index is 1070. The molecule has 7 heteroatoms. The highest BCUT2D eigenvalue weighted by atomic mass is 16.6. The summed E-state index contributed by atoms with van der Waals surface area (Å²) in [5.41, 5.74) is 1.11. The molecule has 0 spiro atoms. The third-order valence-electron chi connectivity index (χ3n) is 6.48. The number of fused-ring (bicyclic) bond motifs is 1. The molecular weight excluding hydrogens is 404 g/mol. The van der Waals surface area contributed by atoms with Gasteiger partial charge >= 0.3 is 12.0 Å². The maximum absolute atomic E-state index is 12.6. The molecule has 0 atom stereocenters. The standard InChI is InChI=1S/C25H28N4O3/c30-24-22(27-23(32-24)21-12-6-8-18-7-4-5-11-20(18)21)17-28-13-15-29(16-14-28)25(31)26-19-9-2-1-3-10-19/h4-8,11-12,17,19H,1-3,9-10,13-16H2,(H,26,31). The molecule has 2 amide bonds. The summed E-state index contributed by atoms with van der Waals surface area (Å²) >= 11 is 0. The Morgan fingerprint density at radius 2 is 1.75 bits per heavy atom. The molecule has 1 saturated heterocycles. The van der Waals surface area contributed by atoms with Gasteiger partial charge in [0, 0.05) is 44.0 Å². The Hall–Kier alpha value is -3.35. The van der Waals surface area contributed by atoms with Crippen LogP contribution in [0.3, 0.4) is 0 Å². The molecule has 0 unspecified atom stereocenters. The lowest BCUT2D eigenvalue weighted by Gasteiger charge is -2.35. The number of hydrogen-bond acceptors (Lipinski definition) is 5. The van der Waals surface area contributed by atoms with Gasteiger partial charge in [-0.05, 0) is 29.7 Å². The topological polar surface area (TPSA) is 74.2 Å². The molecule has 32 heavy (non-hydrogen) atoms. The van der Waals surface area contributed by atoms with Crippen molar-refractivity contribution < 1.29 is 14.3 Å². The minimum Gasteiger partial charge on any atom is -0.402 e. The van der Waals surface area contributed by atoms with E-state index in [1.54, 1.807) is 6.20 Å². The molecule has 1 saturated carbocycles. The molecular formula is C25H28N4O3. The first-order valence-corrected chi connectivity index (χ1v) is 11.5. The van der Waals surface area contributed by atoms with E-state index in [0.717, 1.165) is 29.2 Å². The zero-order valence-corrected chi connectivity index (χ0v) is 18.1. The summed E-state index contributed by atoms with van der Waals surface area (Å²) in [7, 11) is 0. The van der Waals surface area contributed by atoms with Crippen LogP contribution < -0.4 is 5.32 Å². The van der Waals surface area contributed by atoms with Crippen LogP contribution in [0.4, 0.5) is 4.79 Å². The van der Waals surface area contributed by atoms with E-state index >= 15 is 0 Å². The lowest BCUT2D eigenvalue weighted by molar-refractivity contribution is -0.130. The third-order valence-corrected chi connectivity index (χ3v) is 6.48. The maximum Gasteiger partial charge on any atom is 0.365 e. The number of esters is 1. The summed E-state index contributed by atoms with van der Waals surface area (Å²) in [6, 6.07) is 14.2.